The van der Waals surface area contributed by atoms with Crippen LogP contribution in [0.3, 0.4) is 0 Å². The first-order chi connectivity index (χ1) is 12.6. The lowest BCUT2D eigenvalue weighted by Gasteiger charge is -2.22. The van der Waals surface area contributed by atoms with Crippen LogP contribution in [0.5, 0.6) is 0 Å². The van der Waals surface area contributed by atoms with Crippen molar-refractivity contribution in [1.29, 1.82) is 5.26 Å². The fourth-order valence-corrected chi connectivity index (χ4v) is 2.70. The number of hydrogen-bond donors (Lipinski definition) is 1. The molecule has 1 aromatic carbocycles. The van der Waals surface area contributed by atoms with Crippen LogP contribution in [0, 0.1) is 18.3 Å². The average Bonchev–Trinajstić information content (AvgIpc) is 2.65. The highest BCUT2D eigenvalue weighted by atomic mass is 16.6. The fraction of sp³-hybridized carbons (Fsp3) is 0.350. The van der Waals surface area contributed by atoms with Gasteiger partial charge in [0, 0.05) is 30.7 Å². The maximum atomic E-state index is 12.3. The fourth-order valence-electron chi connectivity index (χ4n) is 2.70. The van der Waals surface area contributed by atoms with Crippen molar-refractivity contribution in [2.24, 2.45) is 0 Å². The average molecular weight is 352 g/mol. The van der Waals surface area contributed by atoms with Crippen molar-refractivity contribution in [2.75, 3.05) is 23.3 Å². The molecule has 1 atom stereocenters. The zero-order valence-electron chi connectivity index (χ0n) is 15.4. The summed E-state index contributed by atoms with van der Waals surface area (Å²) < 4.78 is 5.41. The Morgan fingerprint density at radius 2 is 2.08 bits per heavy atom. The Kier molecular flexibility index (Phi) is 6.98. The van der Waals surface area contributed by atoms with Crippen LogP contribution in [-0.2, 0) is 4.74 Å². The molecule has 6 heteroatoms. The van der Waals surface area contributed by atoms with Crippen molar-refractivity contribution in [2.45, 2.75) is 33.3 Å². The third kappa shape index (κ3) is 4.96. The number of aryl methyl sites for hydroxylation is 1. The summed E-state index contributed by atoms with van der Waals surface area (Å²) in [6, 6.07) is 13.2. The molecule has 0 fully saturated rings. The van der Waals surface area contributed by atoms with Gasteiger partial charge in [-0.15, -0.1) is 0 Å². The van der Waals surface area contributed by atoms with Crippen LogP contribution in [0.25, 0.3) is 0 Å². The molecule has 0 aliphatic heterocycles. The number of rotatable bonds is 7. The minimum Gasteiger partial charge on any atom is -0.438 e. The van der Waals surface area contributed by atoms with E-state index in [1.807, 2.05) is 31.2 Å². The van der Waals surface area contributed by atoms with Crippen molar-refractivity contribution in [3.05, 3.63) is 53.9 Å². The quantitative estimate of drug-likeness (QED) is 0.797. The van der Waals surface area contributed by atoms with E-state index >= 15 is 0 Å². The van der Waals surface area contributed by atoms with Gasteiger partial charge in [-0.3, -0.25) is 10.3 Å². The van der Waals surface area contributed by atoms with E-state index in [9.17, 15) is 4.79 Å². The van der Waals surface area contributed by atoms with E-state index in [0.717, 1.165) is 24.3 Å². The molecule has 0 saturated carbocycles. The highest BCUT2D eigenvalue weighted by molar-refractivity contribution is 5.86. The third-order valence-corrected chi connectivity index (χ3v) is 4.12. The van der Waals surface area contributed by atoms with Crippen molar-refractivity contribution >= 4 is 17.5 Å². The Morgan fingerprint density at radius 3 is 2.65 bits per heavy atom. The van der Waals surface area contributed by atoms with E-state index in [2.05, 4.69) is 29.0 Å². The highest BCUT2D eigenvalue weighted by Crippen LogP contribution is 2.24. The Labute approximate surface area is 154 Å². The van der Waals surface area contributed by atoms with Gasteiger partial charge < -0.3 is 9.64 Å². The summed E-state index contributed by atoms with van der Waals surface area (Å²) in [4.78, 5) is 18.7. The van der Waals surface area contributed by atoms with E-state index in [0.29, 0.717) is 11.4 Å². The topological polar surface area (TPSA) is 78.3 Å². The van der Waals surface area contributed by atoms with Crippen LogP contribution < -0.4 is 10.2 Å². The lowest BCUT2D eigenvalue weighted by Crippen LogP contribution is -2.22. The van der Waals surface area contributed by atoms with Gasteiger partial charge >= 0.3 is 6.09 Å². The van der Waals surface area contributed by atoms with Gasteiger partial charge in [0.2, 0.25) is 0 Å². The number of amides is 1. The van der Waals surface area contributed by atoms with Gasteiger partial charge in [0.25, 0.3) is 0 Å². The van der Waals surface area contributed by atoms with Crippen molar-refractivity contribution in [3.8, 4) is 6.07 Å². The standard InChI is InChI=1S/C20H24N4O2/c1-4-24(5-2)16-9-10-17(15(3)14-16)23-20(25)26-19(11-12-21)18-8-6-7-13-22-18/h6-10,13-14,19H,4-5,11H2,1-3H3,(H,23,25). The number of carbonyl (C=O) groups excluding carboxylic acids is 1. The Morgan fingerprint density at radius 1 is 1.31 bits per heavy atom. The molecule has 26 heavy (non-hydrogen) atoms. The number of ether oxygens (including phenoxy) is 1. The number of carbonyl (C=O) groups is 1. The Balaban J connectivity index is 2.08. The van der Waals surface area contributed by atoms with Crippen molar-refractivity contribution in [1.82, 2.24) is 4.98 Å². The molecule has 0 aliphatic rings. The van der Waals surface area contributed by atoms with E-state index in [4.69, 9.17) is 10.00 Å². The maximum absolute atomic E-state index is 12.3. The summed E-state index contributed by atoms with van der Waals surface area (Å²) in [5.41, 5.74) is 3.30. The molecule has 2 aromatic rings. The normalized spacial score (nSPS) is 11.3. The van der Waals surface area contributed by atoms with Gasteiger partial charge in [0.1, 0.15) is 0 Å². The summed E-state index contributed by atoms with van der Waals surface area (Å²) >= 11 is 0. The van der Waals surface area contributed by atoms with E-state index < -0.39 is 12.2 Å². The minimum absolute atomic E-state index is 0.0459. The number of aromatic nitrogens is 1. The molecule has 1 N–H and O–H groups in total. The lowest BCUT2D eigenvalue weighted by atomic mass is 10.1. The number of pyridine rings is 1. The molecule has 0 aliphatic carbocycles. The zero-order chi connectivity index (χ0) is 18.9. The van der Waals surface area contributed by atoms with Crippen LogP contribution in [0.1, 0.15) is 37.6 Å². The molecule has 136 valence electrons. The van der Waals surface area contributed by atoms with Gasteiger partial charge in [-0.05, 0) is 56.7 Å². The second-order valence-electron chi connectivity index (χ2n) is 5.81. The van der Waals surface area contributed by atoms with Crippen LogP contribution in [0.15, 0.2) is 42.6 Å². The number of nitrogens with one attached hydrogen (secondary N) is 1. The van der Waals surface area contributed by atoms with E-state index in [1.54, 1.807) is 24.4 Å². The molecule has 6 nitrogen and oxygen atoms in total. The summed E-state index contributed by atoms with van der Waals surface area (Å²) in [7, 11) is 0. The van der Waals surface area contributed by atoms with Crippen LogP contribution >= 0.6 is 0 Å². The summed E-state index contributed by atoms with van der Waals surface area (Å²) in [5.74, 6) is 0. The highest BCUT2D eigenvalue weighted by Gasteiger charge is 2.18. The number of anilines is 2. The second-order valence-corrected chi connectivity index (χ2v) is 5.81. The van der Waals surface area contributed by atoms with Crippen LogP contribution in [0.2, 0.25) is 0 Å². The largest absolute Gasteiger partial charge is 0.438 e. The smallest absolute Gasteiger partial charge is 0.412 e. The molecule has 0 radical (unpaired) electrons. The molecule has 1 aromatic heterocycles. The van der Waals surface area contributed by atoms with Crippen molar-refractivity contribution in [3.63, 3.8) is 0 Å². The van der Waals surface area contributed by atoms with Gasteiger partial charge in [-0.25, -0.2) is 4.79 Å². The molecule has 0 spiro atoms. The maximum Gasteiger partial charge on any atom is 0.412 e. The second kappa shape index (κ2) is 9.42. The first-order valence-electron chi connectivity index (χ1n) is 8.70. The first-order valence-corrected chi connectivity index (χ1v) is 8.70. The molecule has 0 saturated heterocycles. The molecule has 0 bridgehead atoms. The Hall–Kier alpha value is -3.07. The number of nitriles is 1. The number of hydrogen-bond acceptors (Lipinski definition) is 5. The van der Waals surface area contributed by atoms with Gasteiger partial charge in [-0.2, -0.15) is 5.26 Å². The zero-order valence-corrected chi connectivity index (χ0v) is 15.4. The van der Waals surface area contributed by atoms with Crippen LogP contribution in [0.4, 0.5) is 16.2 Å². The van der Waals surface area contributed by atoms with Gasteiger partial charge in [0.05, 0.1) is 18.2 Å². The summed E-state index contributed by atoms with van der Waals surface area (Å²) in [6.45, 7) is 7.99. The van der Waals surface area contributed by atoms with Crippen molar-refractivity contribution < 1.29 is 9.53 Å². The van der Waals surface area contributed by atoms with Gasteiger partial charge in [0.15, 0.2) is 6.10 Å². The predicted octanol–water partition coefficient (Wildman–Crippen LogP) is 4.44. The molecule has 2 rings (SSSR count). The van der Waals surface area contributed by atoms with Gasteiger partial charge in [-0.1, -0.05) is 6.07 Å². The molecule has 1 amide bonds. The molecule has 1 unspecified atom stereocenters. The number of benzene rings is 1. The lowest BCUT2D eigenvalue weighted by molar-refractivity contribution is 0.111. The monoisotopic (exact) mass is 352 g/mol. The first kappa shape index (κ1) is 19.3. The summed E-state index contributed by atoms with van der Waals surface area (Å²) in [6.07, 6.45) is 0.354. The molecular formula is C20H24N4O2. The SMILES string of the molecule is CCN(CC)c1ccc(NC(=O)OC(CC#N)c2ccccn2)c(C)c1. The number of nitrogens with zero attached hydrogens (tertiary/aromatic N) is 3. The van der Waals surface area contributed by atoms with E-state index in [-0.39, 0.29) is 6.42 Å². The third-order valence-electron chi connectivity index (χ3n) is 4.12. The van der Waals surface area contributed by atoms with E-state index in [1.165, 1.54) is 0 Å². The molecule has 1 heterocycles. The minimum atomic E-state index is -0.698. The predicted molar refractivity (Wildman–Crippen MR) is 102 cm³/mol. The van der Waals surface area contributed by atoms with Crippen LogP contribution in [-0.4, -0.2) is 24.2 Å². The summed E-state index contributed by atoms with van der Waals surface area (Å²) in [5, 5.41) is 11.7. The molecular weight excluding hydrogens is 328 g/mol. The Bertz CT molecular complexity index is 767.